The largest absolute Gasteiger partial charge is 0.494 e. The smallest absolute Gasteiger partial charge is 0.147 e. The summed E-state index contributed by atoms with van der Waals surface area (Å²) in [5.74, 6) is 0.507. The maximum atomic E-state index is 13.4. The van der Waals surface area contributed by atoms with Crippen molar-refractivity contribution in [2.75, 3.05) is 12.4 Å². The van der Waals surface area contributed by atoms with Crippen LogP contribution in [-0.2, 0) is 6.54 Å². The number of methoxy groups -OCH3 is 1. The number of rotatable bonds is 4. The summed E-state index contributed by atoms with van der Waals surface area (Å²) >= 11 is 10.2. The quantitative estimate of drug-likeness (QED) is 0.574. The average Bonchev–Trinajstić information content (AvgIpc) is 2.41. The first kappa shape index (κ1) is 16.8. The van der Waals surface area contributed by atoms with Crippen molar-refractivity contribution in [1.29, 1.82) is 0 Å². The van der Waals surface area contributed by atoms with Crippen LogP contribution in [0.4, 0.5) is 10.1 Å². The molecule has 2 aromatic carbocycles. The van der Waals surface area contributed by atoms with Gasteiger partial charge in [0.25, 0.3) is 0 Å². The minimum Gasteiger partial charge on any atom is -0.494 e. The Bertz CT molecular complexity index is 653. The summed E-state index contributed by atoms with van der Waals surface area (Å²) in [6.07, 6.45) is 0. The van der Waals surface area contributed by atoms with Crippen LogP contribution in [0.5, 0.6) is 5.75 Å². The van der Waals surface area contributed by atoms with Crippen LogP contribution >= 0.6 is 47.8 Å². The molecule has 112 valence electrons. The van der Waals surface area contributed by atoms with Crippen LogP contribution in [0, 0.1) is 12.7 Å². The number of hydrogen-bond donors (Lipinski definition) is 1. The highest BCUT2D eigenvalue weighted by Gasteiger charge is 2.09. The van der Waals surface area contributed by atoms with E-state index >= 15 is 0 Å². The molecule has 2 aromatic rings. The first-order valence-electron chi connectivity index (χ1n) is 6.13. The molecule has 0 bridgehead atoms. The maximum Gasteiger partial charge on any atom is 0.147 e. The monoisotopic (exact) mass is 479 g/mol. The predicted molar refractivity (Wildman–Crippen MR) is 94.6 cm³/mol. The van der Waals surface area contributed by atoms with Crippen LogP contribution in [0.3, 0.4) is 0 Å². The highest BCUT2D eigenvalue weighted by Crippen LogP contribution is 2.34. The van der Waals surface area contributed by atoms with Crippen molar-refractivity contribution in [3.05, 3.63) is 54.6 Å². The minimum atomic E-state index is -0.256. The normalized spacial score (nSPS) is 10.6. The standard InChI is InChI=1S/C15H13Br3FNO/c1-8-3-13(19)10(16)6-14(8)20-7-9-4-11(17)15(21-2)12(18)5-9/h3-6,20H,7H2,1-2H3. The first-order chi connectivity index (χ1) is 9.92. The lowest BCUT2D eigenvalue weighted by atomic mass is 10.1. The molecule has 0 fully saturated rings. The Morgan fingerprint density at radius 2 is 1.67 bits per heavy atom. The molecule has 1 N–H and O–H groups in total. The van der Waals surface area contributed by atoms with Crippen LogP contribution in [0.15, 0.2) is 37.7 Å². The maximum absolute atomic E-state index is 13.4. The molecule has 0 aliphatic carbocycles. The lowest BCUT2D eigenvalue weighted by Crippen LogP contribution is -2.02. The van der Waals surface area contributed by atoms with E-state index in [4.69, 9.17) is 4.74 Å². The van der Waals surface area contributed by atoms with Gasteiger partial charge in [-0.15, -0.1) is 0 Å². The van der Waals surface area contributed by atoms with Gasteiger partial charge in [-0.25, -0.2) is 4.39 Å². The lowest BCUT2D eigenvalue weighted by Gasteiger charge is -2.13. The molecule has 6 heteroatoms. The molecule has 0 saturated heterocycles. The van der Waals surface area contributed by atoms with Gasteiger partial charge < -0.3 is 10.1 Å². The molecule has 0 radical (unpaired) electrons. The van der Waals surface area contributed by atoms with Gasteiger partial charge in [-0.1, -0.05) is 0 Å². The van der Waals surface area contributed by atoms with E-state index in [0.29, 0.717) is 11.0 Å². The highest BCUT2D eigenvalue weighted by molar-refractivity contribution is 9.11. The number of halogens is 4. The molecule has 0 atom stereocenters. The van der Waals surface area contributed by atoms with Gasteiger partial charge >= 0.3 is 0 Å². The molecule has 0 aliphatic heterocycles. The van der Waals surface area contributed by atoms with Gasteiger partial charge in [0.15, 0.2) is 0 Å². The predicted octanol–water partition coefficient (Wildman–Crippen LogP) is 6.04. The number of anilines is 1. The second kappa shape index (κ2) is 7.11. The molecule has 0 saturated carbocycles. The summed E-state index contributed by atoms with van der Waals surface area (Å²) in [6, 6.07) is 7.24. The molecule has 2 rings (SSSR count). The molecule has 21 heavy (non-hydrogen) atoms. The van der Waals surface area contributed by atoms with E-state index < -0.39 is 0 Å². The average molecular weight is 482 g/mol. The third-order valence-corrected chi connectivity index (χ3v) is 4.80. The van der Waals surface area contributed by atoms with E-state index in [0.717, 1.165) is 31.5 Å². The number of hydrogen-bond acceptors (Lipinski definition) is 2. The zero-order valence-electron chi connectivity index (χ0n) is 11.4. The Morgan fingerprint density at radius 3 is 2.24 bits per heavy atom. The Balaban J connectivity index is 2.19. The summed E-state index contributed by atoms with van der Waals surface area (Å²) < 4.78 is 20.9. The van der Waals surface area contributed by atoms with Crippen LogP contribution < -0.4 is 10.1 Å². The minimum absolute atomic E-state index is 0.256. The highest BCUT2D eigenvalue weighted by atomic mass is 79.9. The van der Waals surface area contributed by atoms with Gasteiger partial charge in [-0.2, -0.15) is 0 Å². The van der Waals surface area contributed by atoms with Crippen LogP contribution in [0.25, 0.3) is 0 Å². The van der Waals surface area contributed by atoms with Crippen molar-refractivity contribution >= 4 is 53.5 Å². The Labute approximate surface area is 148 Å². The third-order valence-electron chi connectivity index (χ3n) is 3.01. The molecular weight excluding hydrogens is 469 g/mol. The number of ether oxygens (including phenoxy) is 1. The van der Waals surface area contributed by atoms with Gasteiger partial charge in [0.2, 0.25) is 0 Å². The fourth-order valence-corrected chi connectivity index (χ4v) is 3.89. The zero-order valence-corrected chi connectivity index (χ0v) is 16.2. The number of benzene rings is 2. The summed E-state index contributed by atoms with van der Waals surface area (Å²) in [5, 5.41) is 3.31. The number of nitrogens with one attached hydrogen (secondary N) is 1. The topological polar surface area (TPSA) is 21.3 Å². The Kier molecular flexibility index (Phi) is 5.68. The Morgan fingerprint density at radius 1 is 1.05 bits per heavy atom. The summed E-state index contributed by atoms with van der Waals surface area (Å²) in [7, 11) is 1.63. The van der Waals surface area contributed by atoms with Crippen LogP contribution in [0.1, 0.15) is 11.1 Å². The molecule has 0 aliphatic rings. The third kappa shape index (κ3) is 3.99. The SMILES string of the molecule is COc1c(Br)cc(CNc2cc(Br)c(F)cc2C)cc1Br. The second-order valence-electron chi connectivity index (χ2n) is 4.53. The van der Waals surface area contributed by atoms with Gasteiger partial charge in [0.05, 0.1) is 20.5 Å². The fraction of sp³-hybridized carbons (Fsp3) is 0.200. The molecule has 0 amide bonds. The van der Waals surface area contributed by atoms with Gasteiger partial charge in [0, 0.05) is 12.2 Å². The fourth-order valence-electron chi connectivity index (χ4n) is 1.94. The van der Waals surface area contributed by atoms with Crippen molar-refractivity contribution < 1.29 is 9.13 Å². The summed E-state index contributed by atoms with van der Waals surface area (Å²) in [4.78, 5) is 0. The molecule has 0 unspecified atom stereocenters. The van der Waals surface area contributed by atoms with E-state index in [2.05, 4.69) is 53.1 Å². The lowest BCUT2D eigenvalue weighted by molar-refractivity contribution is 0.409. The van der Waals surface area contributed by atoms with Crippen molar-refractivity contribution in [3.8, 4) is 5.75 Å². The van der Waals surface area contributed by atoms with Gasteiger partial charge in [-0.3, -0.25) is 0 Å². The van der Waals surface area contributed by atoms with Crippen LogP contribution in [-0.4, -0.2) is 7.11 Å². The number of aryl methyl sites for hydroxylation is 1. The molecule has 0 spiro atoms. The van der Waals surface area contributed by atoms with Gasteiger partial charge in [0.1, 0.15) is 11.6 Å². The van der Waals surface area contributed by atoms with Crippen molar-refractivity contribution in [2.24, 2.45) is 0 Å². The van der Waals surface area contributed by atoms with Crippen molar-refractivity contribution in [1.82, 2.24) is 0 Å². The van der Waals surface area contributed by atoms with E-state index in [-0.39, 0.29) is 5.82 Å². The van der Waals surface area contributed by atoms with E-state index in [1.807, 2.05) is 19.1 Å². The molecule has 2 nitrogen and oxygen atoms in total. The van der Waals surface area contributed by atoms with Crippen molar-refractivity contribution in [2.45, 2.75) is 13.5 Å². The van der Waals surface area contributed by atoms with E-state index in [1.165, 1.54) is 6.07 Å². The van der Waals surface area contributed by atoms with Gasteiger partial charge in [-0.05, 0) is 90.1 Å². The second-order valence-corrected chi connectivity index (χ2v) is 7.09. The molecule has 0 heterocycles. The van der Waals surface area contributed by atoms with Crippen LogP contribution in [0.2, 0.25) is 0 Å². The summed E-state index contributed by atoms with van der Waals surface area (Å²) in [5.41, 5.74) is 2.84. The van der Waals surface area contributed by atoms with E-state index in [1.54, 1.807) is 13.2 Å². The Hall–Kier alpha value is -0.590. The zero-order chi connectivity index (χ0) is 15.6. The first-order valence-corrected chi connectivity index (χ1v) is 8.51. The molecular formula is C15H13Br3FNO. The van der Waals surface area contributed by atoms with E-state index in [9.17, 15) is 4.39 Å². The molecule has 0 aromatic heterocycles. The summed E-state index contributed by atoms with van der Waals surface area (Å²) in [6.45, 7) is 2.50. The van der Waals surface area contributed by atoms with Crippen molar-refractivity contribution in [3.63, 3.8) is 0 Å².